The van der Waals surface area contributed by atoms with Gasteiger partial charge < -0.3 is 5.11 Å². The topological polar surface area (TPSA) is 37.3 Å². The van der Waals surface area contributed by atoms with Gasteiger partial charge in [0.15, 0.2) is 0 Å². The highest BCUT2D eigenvalue weighted by molar-refractivity contribution is 7.98. The van der Waals surface area contributed by atoms with Crippen LogP contribution in [0.3, 0.4) is 0 Å². The van der Waals surface area contributed by atoms with E-state index in [4.69, 9.17) is 5.11 Å². The van der Waals surface area contributed by atoms with Crippen molar-refractivity contribution in [3.8, 4) is 0 Å². The maximum Gasteiger partial charge on any atom is 0.335 e. The second kappa shape index (κ2) is 8.78. The molecule has 0 amide bonds. The van der Waals surface area contributed by atoms with Gasteiger partial charge in [0.1, 0.15) is 17.5 Å². The Morgan fingerprint density at radius 2 is 1.88 bits per heavy atom. The summed E-state index contributed by atoms with van der Waals surface area (Å²) in [6, 6.07) is 2.30. The second-order valence-corrected chi connectivity index (χ2v) is 6.08. The van der Waals surface area contributed by atoms with Crippen molar-refractivity contribution in [3.05, 3.63) is 59.5 Å². The van der Waals surface area contributed by atoms with E-state index in [0.29, 0.717) is 11.3 Å². The van der Waals surface area contributed by atoms with Crippen molar-refractivity contribution in [3.63, 3.8) is 0 Å². The van der Waals surface area contributed by atoms with Crippen LogP contribution in [0.25, 0.3) is 5.57 Å². The minimum Gasteiger partial charge on any atom is -0.478 e. The van der Waals surface area contributed by atoms with Gasteiger partial charge in [0.25, 0.3) is 0 Å². The first-order chi connectivity index (χ1) is 11.2. The molecule has 24 heavy (non-hydrogen) atoms. The van der Waals surface area contributed by atoms with E-state index in [9.17, 15) is 18.0 Å². The normalized spacial score (nSPS) is 13.8. The molecule has 0 aliphatic rings. The van der Waals surface area contributed by atoms with Gasteiger partial charge >= 0.3 is 5.97 Å². The Morgan fingerprint density at radius 1 is 1.33 bits per heavy atom. The zero-order chi connectivity index (χ0) is 18.4. The minimum absolute atomic E-state index is 0.130. The van der Waals surface area contributed by atoms with Crippen molar-refractivity contribution in [2.24, 2.45) is 5.92 Å². The molecule has 1 aromatic carbocycles. The third kappa shape index (κ3) is 4.77. The molecule has 1 rings (SSSR count). The molecule has 1 N–H and O–H groups in total. The van der Waals surface area contributed by atoms with E-state index < -0.39 is 34.9 Å². The van der Waals surface area contributed by atoms with Crippen molar-refractivity contribution in [2.45, 2.75) is 25.2 Å². The van der Waals surface area contributed by atoms with Crippen LogP contribution in [-0.2, 0) is 4.79 Å². The number of carboxylic acids is 1. The van der Waals surface area contributed by atoms with Crippen LogP contribution in [-0.4, -0.2) is 17.3 Å². The number of rotatable bonds is 7. The minimum atomic E-state index is -1.30. The first kappa shape index (κ1) is 20.1. The Morgan fingerprint density at radius 3 is 2.29 bits per heavy atom. The smallest absolute Gasteiger partial charge is 0.335 e. The van der Waals surface area contributed by atoms with Gasteiger partial charge in [0, 0.05) is 10.5 Å². The quantitative estimate of drug-likeness (QED) is 0.392. The van der Waals surface area contributed by atoms with Crippen LogP contribution >= 0.6 is 11.8 Å². The number of hydrogen-bond donors (Lipinski definition) is 1. The molecule has 0 spiro atoms. The molecule has 2 nitrogen and oxygen atoms in total. The van der Waals surface area contributed by atoms with Crippen molar-refractivity contribution >= 4 is 23.3 Å². The predicted octanol–water partition coefficient (Wildman–Crippen LogP) is 5.61. The van der Waals surface area contributed by atoms with Crippen LogP contribution in [0.2, 0.25) is 0 Å². The van der Waals surface area contributed by atoms with E-state index in [1.165, 1.54) is 11.8 Å². The number of carboxylic acid groups (broad SMARTS) is 1. The summed E-state index contributed by atoms with van der Waals surface area (Å²) in [5.41, 5.74) is -0.882. The van der Waals surface area contributed by atoms with Crippen LogP contribution in [0, 0.1) is 17.6 Å². The molecule has 1 aromatic rings. The van der Waals surface area contributed by atoms with Crippen molar-refractivity contribution in [1.29, 1.82) is 0 Å². The van der Waals surface area contributed by atoms with Crippen LogP contribution < -0.4 is 0 Å². The van der Waals surface area contributed by atoms with Gasteiger partial charge in [0.05, 0.1) is 11.1 Å². The van der Waals surface area contributed by atoms with Gasteiger partial charge in [-0.15, -0.1) is 11.8 Å². The fourth-order valence-electron chi connectivity index (χ4n) is 2.07. The first-order valence-electron chi connectivity index (χ1n) is 7.26. The number of benzene rings is 1. The highest BCUT2D eigenvalue weighted by Gasteiger charge is 2.22. The van der Waals surface area contributed by atoms with Crippen molar-refractivity contribution in [1.82, 2.24) is 0 Å². The monoisotopic (exact) mass is 356 g/mol. The average Bonchev–Trinajstić information content (AvgIpc) is 2.54. The third-order valence-electron chi connectivity index (χ3n) is 3.59. The highest BCUT2D eigenvalue weighted by atomic mass is 32.2. The summed E-state index contributed by atoms with van der Waals surface area (Å²) >= 11 is 1.18. The number of carbonyl (C=O) groups is 1. The van der Waals surface area contributed by atoms with Crippen LogP contribution in [0.1, 0.15) is 25.8 Å². The Balaban J connectivity index is 3.51. The van der Waals surface area contributed by atoms with Gasteiger partial charge in [-0.1, -0.05) is 20.4 Å². The Bertz CT molecular complexity index is 685. The fraction of sp³-hybridized carbons (Fsp3) is 0.278. The number of halogens is 3. The summed E-state index contributed by atoms with van der Waals surface area (Å²) in [5, 5.41) is 8.74. The Hall–Kier alpha value is -1.95. The number of allylic oxidation sites excluding steroid dienone is 3. The molecule has 0 aliphatic heterocycles. The fourth-order valence-corrected chi connectivity index (χ4v) is 2.51. The van der Waals surface area contributed by atoms with Crippen molar-refractivity contribution in [2.75, 3.05) is 6.26 Å². The Labute approximate surface area is 143 Å². The van der Waals surface area contributed by atoms with E-state index in [1.807, 2.05) is 0 Å². The van der Waals surface area contributed by atoms with Crippen LogP contribution in [0.4, 0.5) is 13.2 Å². The lowest BCUT2D eigenvalue weighted by Crippen LogP contribution is -2.05. The maximum atomic E-state index is 14.6. The summed E-state index contributed by atoms with van der Waals surface area (Å²) in [6.07, 6.45) is 3.98. The summed E-state index contributed by atoms with van der Waals surface area (Å²) in [5.74, 6) is -4.35. The molecule has 0 aromatic heterocycles. The lowest BCUT2D eigenvalue weighted by atomic mass is 9.90. The van der Waals surface area contributed by atoms with E-state index >= 15 is 0 Å². The number of thioether (sulfide) groups is 1. The highest BCUT2D eigenvalue weighted by Crippen LogP contribution is 2.35. The lowest BCUT2D eigenvalue weighted by molar-refractivity contribution is -0.132. The van der Waals surface area contributed by atoms with Gasteiger partial charge in [-0.3, -0.25) is 0 Å². The van der Waals surface area contributed by atoms with Crippen LogP contribution in [0.15, 0.2) is 47.2 Å². The molecule has 0 aliphatic carbocycles. The van der Waals surface area contributed by atoms with Gasteiger partial charge in [0.2, 0.25) is 0 Å². The molecule has 0 radical (unpaired) electrons. The molecule has 130 valence electrons. The molecule has 0 saturated heterocycles. The number of aliphatic carboxylic acids is 1. The Kier molecular flexibility index (Phi) is 7.35. The second-order valence-electron chi connectivity index (χ2n) is 5.20. The molecule has 0 fully saturated rings. The SMILES string of the molecule is C=C(/C=C\C(F)=C(\c1c(F)cc(SC)cc1F)[C@H](C)CC)C(=O)O. The zero-order valence-electron chi connectivity index (χ0n) is 13.7. The zero-order valence-corrected chi connectivity index (χ0v) is 14.5. The van der Waals surface area contributed by atoms with E-state index in [1.54, 1.807) is 20.1 Å². The van der Waals surface area contributed by atoms with E-state index in [0.717, 1.165) is 24.3 Å². The molecular weight excluding hydrogens is 337 g/mol. The standard InChI is InChI=1S/C18H19F3O2S/c1-5-10(2)16(13(19)7-6-11(3)18(22)23)17-14(20)8-12(24-4)9-15(17)21/h6-10H,3,5H2,1-2,4H3,(H,22,23)/b7-6-,16-13-/t10-/m1/s1. The van der Waals surface area contributed by atoms with Gasteiger partial charge in [-0.05, 0) is 42.9 Å². The summed E-state index contributed by atoms with van der Waals surface area (Å²) in [7, 11) is 0. The first-order valence-corrected chi connectivity index (χ1v) is 8.48. The van der Waals surface area contributed by atoms with E-state index in [-0.39, 0.29) is 11.1 Å². The molecule has 6 heteroatoms. The largest absolute Gasteiger partial charge is 0.478 e. The molecule has 0 unspecified atom stereocenters. The molecule has 0 saturated carbocycles. The molecule has 0 bridgehead atoms. The predicted molar refractivity (Wildman–Crippen MR) is 91.5 cm³/mol. The molecule has 1 atom stereocenters. The summed E-state index contributed by atoms with van der Waals surface area (Å²) in [4.78, 5) is 11.1. The van der Waals surface area contributed by atoms with E-state index in [2.05, 4.69) is 6.58 Å². The summed E-state index contributed by atoms with van der Waals surface area (Å²) < 4.78 is 43.3. The van der Waals surface area contributed by atoms with Crippen LogP contribution in [0.5, 0.6) is 0 Å². The lowest BCUT2D eigenvalue weighted by Gasteiger charge is -2.17. The average molecular weight is 356 g/mol. The van der Waals surface area contributed by atoms with Gasteiger partial charge in [-0.25, -0.2) is 18.0 Å². The molecular formula is C18H19F3O2S. The summed E-state index contributed by atoms with van der Waals surface area (Å²) in [6.45, 7) is 6.67. The third-order valence-corrected chi connectivity index (χ3v) is 4.30. The van der Waals surface area contributed by atoms with Crippen molar-refractivity contribution < 1.29 is 23.1 Å². The maximum absolute atomic E-state index is 14.6. The molecule has 0 heterocycles. The number of hydrogen-bond acceptors (Lipinski definition) is 2. The van der Waals surface area contributed by atoms with Gasteiger partial charge in [-0.2, -0.15) is 0 Å².